The number of nitrogen functional groups attached to an aromatic ring is 1. The van der Waals surface area contributed by atoms with Crippen LogP contribution in [0.4, 0.5) is 11.5 Å². The molecule has 0 radical (unpaired) electrons. The lowest BCUT2D eigenvalue weighted by molar-refractivity contribution is 0.153. The Hall–Kier alpha value is -3.06. The van der Waals surface area contributed by atoms with Gasteiger partial charge in [-0.05, 0) is 44.8 Å². The summed E-state index contributed by atoms with van der Waals surface area (Å²) in [6, 6.07) is 13.1. The normalized spacial score (nSPS) is 14.3. The molecule has 7 heteroatoms. The summed E-state index contributed by atoms with van der Waals surface area (Å²) in [4.78, 5) is 13.8. The van der Waals surface area contributed by atoms with Gasteiger partial charge in [0.25, 0.3) is 0 Å². The summed E-state index contributed by atoms with van der Waals surface area (Å²) < 4.78 is 12.1. The van der Waals surface area contributed by atoms with Gasteiger partial charge in [0.15, 0.2) is 0 Å². The van der Waals surface area contributed by atoms with E-state index in [1.54, 1.807) is 0 Å². The maximum atomic E-state index is 6.33. The first-order valence-electron chi connectivity index (χ1n) is 12.4. The van der Waals surface area contributed by atoms with E-state index in [1.165, 1.54) is 10.8 Å². The van der Waals surface area contributed by atoms with E-state index in [0.717, 1.165) is 68.2 Å². The van der Waals surface area contributed by atoms with Gasteiger partial charge in [-0.15, -0.1) is 0 Å². The zero-order chi connectivity index (χ0) is 24.1. The molecule has 1 aliphatic heterocycles. The van der Waals surface area contributed by atoms with Crippen LogP contribution < -0.4 is 20.1 Å². The van der Waals surface area contributed by atoms with Gasteiger partial charge in [0.1, 0.15) is 17.7 Å². The number of ether oxygens (including phenoxy) is 2. The van der Waals surface area contributed by atoms with Gasteiger partial charge in [0.2, 0.25) is 0 Å². The highest BCUT2D eigenvalue weighted by Gasteiger charge is 2.24. The molecule has 2 N–H and O–H groups in total. The van der Waals surface area contributed by atoms with Crippen molar-refractivity contribution >= 4 is 22.3 Å². The van der Waals surface area contributed by atoms with E-state index >= 15 is 0 Å². The predicted molar refractivity (Wildman–Crippen MR) is 139 cm³/mol. The van der Waals surface area contributed by atoms with Gasteiger partial charge in [0, 0.05) is 35.8 Å². The molecule has 3 aromatic rings. The Morgan fingerprint density at radius 3 is 2.79 bits per heavy atom. The molecule has 34 heavy (non-hydrogen) atoms. The van der Waals surface area contributed by atoms with Crippen molar-refractivity contribution in [1.29, 1.82) is 0 Å². The van der Waals surface area contributed by atoms with Gasteiger partial charge in [-0.1, -0.05) is 44.5 Å². The number of nitrogens with zero attached hydrogens (tertiary/aromatic N) is 4. The van der Waals surface area contributed by atoms with Gasteiger partial charge < -0.3 is 25.0 Å². The number of hydrogen-bond donors (Lipinski definition) is 1. The molecule has 0 saturated carbocycles. The van der Waals surface area contributed by atoms with Gasteiger partial charge in [-0.25, -0.2) is 0 Å². The van der Waals surface area contributed by atoms with Gasteiger partial charge in [-0.3, -0.25) is 0 Å². The number of fused-ring (bicyclic) bond motifs is 2. The number of benzene rings is 2. The summed E-state index contributed by atoms with van der Waals surface area (Å²) in [7, 11) is 2.07. The van der Waals surface area contributed by atoms with Crippen LogP contribution in [0, 0.1) is 0 Å². The SMILES string of the molecule is CCCCOc1cc(N2CCc3c(N)nc(O[C@H](C)CN(C)CC)nc3C2)c2ccccc2c1. The van der Waals surface area contributed by atoms with Crippen LogP contribution in [-0.4, -0.2) is 54.3 Å². The zero-order valence-electron chi connectivity index (χ0n) is 20.9. The van der Waals surface area contributed by atoms with Crippen molar-refractivity contribution in [2.75, 3.05) is 43.9 Å². The van der Waals surface area contributed by atoms with Crippen LogP contribution >= 0.6 is 0 Å². The van der Waals surface area contributed by atoms with Crippen molar-refractivity contribution in [1.82, 2.24) is 14.9 Å². The predicted octanol–water partition coefficient (Wildman–Crippen LogP) is 4.67. The third-order valence-corrected chi connectivity index (χ3v) is 6.41. The molecule has 0 fully saturated rings. The lowest BCUT2D eigenvalue weighted by Gasteiger charge is -2.32. The second kappa shape index (κ2) is 10.9. The molecule has 0 spiro atoms. The fraction of sp³-hybridized carbons (Fsp3) is 0.481. The van der Waals surface area contributed by atoms with Gasteiger partial charge in [0.05, 0.1) is 18.8 Å². The topological polar surface area (TPSA) is 76.7 Å². The highest BCUT2D eigenvalue weighted by molar-refractivity contribution is 5.95. The third-order valence-electron chi connectivity index (χ3n) is 6.41. The van der Waals surface area contributed by atoms with E-state index in [9.17, 15) is 0 Å². The summed E-state index contributed by atoms with van der Waals surface area (Å²) in [6.45, 7) is 10.3. The molecule has 0 unspecified atom stereocenters. The monoisotopic (exact) mass is 463 g/mol. The molecule has 4 rings (SSSR count). The average molecular weight is 464 g/mol. The van der Waals surface area contributed by atoms with Crippen LogP contribution in [0.3, 0.4) is 0 Å². The maximum absolute atomic E-state index is 6.33. The molecule has 1 atom stereocenters. The highest BCUT2D eigenvalue weighted by atomic mass is 16.5. The Labute approximate surface area is 202 Å². The van der Waals surface area contributed by atoms with Gasteiger partial charge >= 0.3 is 6.01 Å². The summed E-state index contributed by atoms with van der Waals surface area (Å²) >= 11 is 0. The molecular weight excluding hydrogens is 426 g/mol. The van der Waals surface area contributed by atoms with Gasteiger partial charge in [-0.2, -0.15) is 9.97 Å². The van der Waals surface area contributed by atoms with Crippen LogP contribution in [0.15, 0.2) is 36.4 Å². The van der Waals surface area contributed by atoms with E-state index in [1.807, 2.05) is 6.92 Å². The van der Waals surface area contributed by atoms with Crippen LogP contribution in [-0.2, 0) is 13.0 Å². The summed E-state index contributed by atoms with van der Waals surface area (Å²) in [6.07, 6.45) is 2.93. The van der Waals surface area contributed by atoms with E-state index in [0.29, 0.717) is 18.4 Å². The average Bonchev–Trinajstić information content (AvgIpc) is 2.83. The molecule has 1 aliphatic rings. The van der Waals surface area contributed by atoms with Crippen molar-refractivity contribution in [3.8, 4) is 11.8 Å². The summed E-state index contributed by atoms with van der Waals surface area (Å²) in [5, 5.41) is 2.39. The number of hydrogen-bond acceptors (Lipinski definition) is 7. The van der Waals surface area contributed by atoms with Crippen LogP contribution in [0.5, 0.6) is 11.8 Å². The first-order valence-corrected chi connectivity index (χ1v) is 12.4. The Bertz CT molecular complexity index is 1120. The first kappa shape index (κ1) is 24.1. The molecular formula is C27H37N5O2. The van der Waals surface area contributed by atoms with Crippen LogP contribution in [0.2, 0.25) is 0 Å². The van der Waals surface area contributed by atoms with Crippen molar-refractivity contribution in [3.63, 3.8) is 0 Å². The Balaban J connectivity index is 1.60. The highest BCUT2D eigenvalue weighted by Crippen LogP contribution is 2.35. The molecule has 0 saturated heterocycles. The number of unbranched alkanes of at least 4 members (excludes halogenated alkanes) is 1. The Kier molecular flexibility index (Phi) is 7.73. The Morgan fingerprint density at radius 1 is 1.18 bits per heavy atom. The molecule has 0 bridgehead atoms. The molecule has 0 amide bonds. The number of rotatable bonds is 10. The van der Waals surface area contributed by atoms with Crippen molar-refractivity contribution < 1.29 is 9.47 Å². The quantitative estimate of drug-likeness (QED) is 0.438. The minimum absolute atomic E-state index is 0.0250. The van der Waals surface area contributed by atoms with Crippen molar-refractivity contribution in [3.05, 3.63) is 47.7 Å². The standard InChI is InChI=1S/C27H37N5O2/c1-5-7-14-33-21-15-20-10-8-9-11-22(20)25(16-21)32-13-12-23-24(18-32)29-27(30-26(23)28)34-19(3)17-31(4)6-2/h8-11,15-16,19H,5-7,12-14,17-18H2,1-4H3,(H2,28,29,30)/t19-/m1/s1. The lowest BCUT2D eigenvalue weighted by atomic mass is 10.0. The van der Waals surface area contributed by atoms with E-state index in [2.05, 4.69) is 72.1 Å². The number of anilines is 2. The largest absolute Gasteiger partial charge is 0.493 e. The van der Waals surface area contributed by atoms with Crippen molar-refractivity contribution in [2.45, 2.75) is 52.7 Å². The summed E-state index contributed by atoms with van der Waals surface area (Å²) in [5.41, 5.74) is 9.46. The van der Waals surface area contributed by atoms with E-state index < -0.39 is 0 Å². The zero-order valence-corrected chi connectivity index (χ0v) is 20.9. The number of nitrogens with two attached hydrogens (primary N) is 1. The number of likely N-dealkylation sites (N-methyl/N-ethyl adjacent to an activating group) is 1. The molecule has 2 heterocycles. The maximum Gasteiger partial charge on any atom is 0.318 e. The van der Waals surface area contributed by atoms with Crippen LogP contribution in [0.25, 0.3) is 10.8 Å². The van der Waals surface area contributed by atoms with Crippen LogP contribution in [0.1, 0.15) is 44.9 Å². The summed E-state index contributed by atoms with van der Waals surface area (Å²) in [5.74, 6) is 1.44. The second-order valence-corrected chi connectivity index (χ2v) is 9.14. The molecule has 182 valence electrons. The minimum Gasteiger partial charge on any atom is -0.493 e. The first-order chi connectivity index (χ1) is 16.5. The third kappa shape index (κ3) is 5.53. The number of aromatic nitrogens is 2. The minimum atomic E-state index is -0.0250. The fourth-order valence-electron chi connectivity index (χ4n) is 4.42. The smallest absolute Gasteiger partial charge is 0.318 e. The molecule has 1 aromatic heterocycles. The molecule has 0 aliphatic carbocycles. The second-order valence-electron chi connectivity index (χ2n) is 9.14. The molecule has 2 aromatic carbocycles. The van der Waals surface area contributed by atoms with E-state index in [-0.39, 0.29) is 6.10 Å². The molecule has 7 nitrogen and oxygen atoms in total. The van der Waals surface area contributed by atoms with Crippen molar-refractivity contribution in [2.24, 2.45) is 0 Å². The lowest BCUT2D eigenvalue weighted by Crippen LogP contribution is -2.33. The Morgan fingerprint density at radius 2 is 2.00 bits per heavy atom. The van der Waals surface area contributed by atoms with E-state index in [4.69, 9.17) is 20.2 Å². The fourth-order valence-corrected chi connectivity index (χ4v) is 4.42.